The van der Waals surface area contributed by atoms with E-state index in [1.54, 1.807) is 4.90 Å². The number of hydrogen-bond acceptors (Lipinski definition) is 8. The molecule has 0 radical (unpaired) electrons. The van der Waals surface area contributed by atoms with Crippen molar-refractivity contribution < 1.29 is 9.13 Å². The molecule has 0 saturated carbocycles. The molecule has 2 aliphatic heterocycles. The van der Waals surface area contributed by atoms with Gasteiger partial charge >= 0.3 is 0 Å². The Morgan fingerprint density at radius 1 is 1.29 bits per heavy atom. The van der Waals surface area contributed by atoms with E-state index in [1.807, 2.05) is 0 Å². The van der Waals surface area contributed by atoms with Gasteiger partial charge in [0.2, 0.25) is 5.90 Å². The molecule has 1 fully saturated rings. The zero-order valence-electron chi connectivity index (χ0n) is 16.8. The molecule has 6 N–H and O–H groups in total. The number of halogens is 3. The molecular weight excluding hydrogens is 444 g/mol. The summed E-state index contributed by atoms with van der Waals surface area (Å²) in [4.78, 5) is 5.97. The van der Waals surface area contributed by atoms with Gasteiger partial charge in [0.15, 0.2) is 5.90 Å². The van der Waals surface area contributed by atoms with Crippen LogP contribution in [0.25, 0.3) is 0 Å². The number of hydrogen-bond donors (Lipinski definition) is 5. The maximum absolute atomic E-state index is 13.9. The van der Waals surface area contributed by atoms with E-state index < -0.39 is 11.7 Å². The topological polar surface area (TPSA) is 134 Å². The highest BCUT2D eigenvalue weighted by molar-refractivity contribution is 6.43. The number of ether oxygens (including phenoxy) is 1. The summed E-state index contributed by atoms with van der Waals surface area (Å²) in [7, 11) is 0. The quantitative estimate of drug-likeness (QED) is 0.258. The molecule has 1 aromatic carbocycles. The zero-order valence-corrected chi connectivity index (χ0v) is 18.3. The fraction of sp³-hybridized carbons (Fsp3) is 0.400. The van der Waals surface area contributed by atoms with Gasteiger partial charge in [-0.15, -0.1) is 0 Å². The van der Waals surface area contributed by atoms with Crippen LogP contribution in [-0.2, 0) is 11.3 Å². The molecule has 1 aromatic rings. The summed E-state index contributed by atoms with van der Waals surface area (Å²) in [5.41, 5.74) is 6.57. The molecule has 8 nitrogen and oxygen atoms in total. The summed E-state index contributed by atoms with van der Waals surface area (Å²) in [6.45, 7) is 2.60. The molecule has 0 amide bonds. The van der Waals surface area contributed by atoms with Crippen molar-refractivity contribution in [2.75, 3.05) is 26.2 Å². The first kappa shape index (κ1) is 23.2. The second-order valence-corrected chi connectivity index (χ2v) is 8.06. The summed E-state index contributed by atoms with van der Waals surface area (Å²) < 4.78 is 19.2. The van der Waals surface area contributed by atoms with Gasteiger partial charge in [0.25, 0.3) is 0 Å². The van der Waals surface area contributed by atoms with E-state index in [-0.39, 0.29) is 34.9 Å². The van der Waals surface area contributed by atoms with Gasteiger partial charge in [0.1, 0.15) is 17.4 Å². The molecule has 0 atom stereocenters. The van der Waals surface area contributed by atoms with Crippen LogP contribution in [0.15, 0.2) is 28.9 Å². The smallest absolute Gasteiger partial charge is 0.238 e. The van der Waals surface area contributed by atoms with Crippen LogP contribution < -0.4 is 11.1 Å². The molecule has 0 spiro atoms. The van der Waals surface area contributed by atoms with Crippen LogP contribution in [0.4, 0.5) is 4.39 Å². The lowest BCUT2D eigenvalue weighted by Crippen LogP contribution is -2.38. The van der Waals surface area contributed by atoms with Gasteiger partial charge < -0.3 is 20.7 Å². The third kappa shape index (κ3) is 5.61. The first-order chi connectivity index (χ1) is 14.8. The molecule has 1 saturated heterocycles. The predicted octanol–water partition coefficient (Wildman–Crippen LogP) is 3.18. The third-order valence-electron chi connectivity index (χ3n) is 5.19. The molecule has 0 aromatic heterocycles. The van der Waals surface area contributed by atoms with Gasteiger partial charge in [-0.1, -0.05) is 23.2 Å². The Labute approximate surface area is 189 Å². The van der Waals surface area contributed by atoms with Gasteiger partial charge in [-0.05, 0) is 44.1 Å². The second kappa shape index (κ2) is 10.2. The van der Waals surface area contributed by atoms with E-state index in [0.717, 1.165) is 25.9 Å². The molecule has 0 aliphatic carbocycles. The Morgan fingerprint density at radius 2 is 2.00 bits per heavy atom. The minimum atomic E-state index is -0.579. The van der Waals surface area contributed by atoms with Crippen molar-refractivity contribution in [3.8, 4) is 0 Å². The average Bonchev–Trinajstić information content (AvgIpc) is 2.76. The Bertz CT molecular complexity index is 957. The number of aliphatic imine (C=N–C) groups is 1. The van der Waals surface area contributed by atoms with Crippen molar-refractivity contribution in [3.63, 3.8) is 0 Å². The number of nitrogens with two attached hydrogens (primary N) is 1. The highest BCUT2D eigenvalue weighted by Crippen LogP contribution is 2.30. The van der Waals surface area contributed by atoms with Gasteiger partial charge in [0.05, 0.1) is 17.3 Å². The van der Waals surface area contributed by atoms with Gasteiger partial charge in [0, 0.05) is 29.6 Å². The number of benzene rings is 1. The maximum Gasteiger partial charge on any atom is 0.238 e. The Kier molecular flexibility index (Phi) is 7.64. The van der Waals surface area contributed by atoms with Gasteiger partial charge in [-0.2, -0.15) is 0 Å². The number of amidine groups is 1. The van der Waals surface area contributed by atoms with Crippen molar-refractivity contribution in [3.05, 3.63) is 45.3 Å². The van der Waals surface area contributed by atoms with Gasteiger partial charge in [-0.3, -0.25) is 21.2 Å². The van der Waals surface area contributed by atoms with Crippen LogP contribution in [0.5, 0.6) is 0 Å². The first-order valence-corrected chi connectivity index (χ1v) is 10.6. The van der Waals surface area contributed by atoms with Crippen molar-refractivity contribution in [1.29, 1.82) is 16.2 Å². The number of rotatable bonds is 5. The standard InChI is InChI=1S/C20H24Cl2FN7O/c21-13-1-2-14(23)17(22)12(13)10-30-8-7-29-18(25)16(30)9-15(24)20(27)31-19(26)11-3-5-28-6-4-11/h1-2,9,11,24,26-28H,3-8,10H2,(H2,25,29)/b16-9+,24-15?,26-19?,27-20?. The molecule has 166 valence electrons. The molecule has 2 aliphatic rings. The van der Waals surface area contributed by atoms with Crippen LogP contribution in [0.2, 0.25) is 10.0 Å². The minimum absolute atomic E-state index is 0.0184. The summed E-state index contributed by atoms with van der Waals surface area (Å²) >= 11 is 12.3. The summed E-state index contributed by atoms with van der Waals surface area (Å²) in [5, 5.41) is 27.8. The molecule has 2 heterocycles. The van der Waals surface area contributed by atoms with E-state index in [9.17, 15) is 4.39 Å². The maximum atomic E-state index is 13.9. The average molecular weight is 468 g/mol. The van der Waals surface area contributed by atoms with Crippen LogP contribution in [-0.4, -0.2) is 54.4 Å². The first-order valence-electron chi connectivity index (χ1n) is 9.81. The van der Waals surface area contributed by atoms with E-state index in [1.165, 1.54) is 18.2 Å². The predicted molar refractivity (Wildman–Crippen MR) is 121 cm³/mol. The minimum Gasteiger partial charge on any atom is -0.423 e. The summed E-state index contributed by atoms with van der Waals surface area (Å²) in [6, 6.07) is 2.63. The van der Waals surface area contributed by atoms with Crippen molar-refractivity contribution >= 4 is 46.5 Å². The van der Waals surface area contributed by atoms with Crippen LogP contribution >= 0.6 is 23.2 Å². The Morgan fingerprint density at radius 3 is 2.71 bits per heavy atom. The van der Waals surface area contributed by atoms with E-state index >= 15 is 0 Å². The monoisotopic (exact) mass is 467 g/mol. The summed E-state index contributed by atoms with van der Waals surface area (Å²) in [6.07, 6.45) is 2.86. The number of nitrogens with one attached hydrogen (secondary N) is 4. The van der Waals surface area contributed by atoms with Gasteiger partial charge in [-0.25, -0.2) is 4.39 Å². The molecule has 0 unspecified atom stereocenters. The third-order valence-corrected chi connectivity index (χ3v) is 5.95. The molecule has 11 heteroatoms. The molecular formula is C20H24Cl2FN7O. The molecule has 0 bridgehead atoms. The van der Waals surface area contributed by atoms with Crippen LogP contribution in [0, 0.1) is 28.0 Å². The fourth-order valence-electron chi connectivity index (χ4n) is 3.42. The summed E-state index contributed by atoms with van der Waals surface area (Å²) in [5.74, 6) is -0.936. The van der Waals surface area contributed by atoms with E-state index in [2.05, 4.69) is 10.3 Å². The van der Waals surface area contributed by atoms with Crippen molar-refractivity contribution in [1.82, 2.24) is 10.2 Å². The van der Waals surface area contributed by atoms with Crippen LogP contribution in [0.1, 0.15) is 18.4 Å². The van der Waals surface area contributed by atoms with E-state index in [4.69, 9.17) is 49.9 Å². The zero-order chi connectivity index (χ0) is 22.5. The SMILES string of the molecule is N=C(/C=C1\C(N)=NCCN1Cc1c(Cl)ccc(F)c1Cl)C(=N)OC(=N)C1CCNCC1. The lowest BCUT2D eigenvalue weighted by Gasteiger charge is -2.30. The number of piperidine rings is 1. The highest BCUT2D eigenvalue weighted by Gasteiger charge is 2.24. The largest absolute Gasteiger partial charge is 0.423 e. The van der Waals surface area contributed by atoms with E-state index in [0.29, 0.717) is 29.4 Å². The van der Waals surface area contributed by atoms with Crippen LogP contribution in [0.3, 0.4) is 0 Å². The lowest BCUT2D eigenvalue weighted by atomic mass is 9.98. The highest BCUT2D eigenvalue weighted by atomic mass is 35.5. The lowest BCUT2D eigenvalue weighted by molar-refractivity contribution is 0.352. The fourth-order valence-corrected chi connectivity index (χ4v) is 3.91. The normalized spacial score (nSPS) is 18.6. The van der Waals surface area contributed by atoms with Crippen molar-refractivity contribution in [2.24, 2.45) is 16.6 Å². The molecule has 3 rings (SSSR count). The Balaban J connectivity index is 1.76. The van der Waals surface area contributed by atoms with Crippen molar-refractivity contribution in [2.45, 2.75) is 19.4 Å². The number of nitrogens with zero attached hydrogens (tertiary/aromatic N) is 2. The molecule has 31 heavy (non-hydrogen) atoms. The Hall–Kier alpha value is -2.49. The second-order valence-electron chi connectivity index (χ2n) is 7.27.